The fraction of sp³-hybridized carbons (Fsp3) is 0.118. The zero-order valence-corrected chi connectivity index (χ0v) is 12.3. The summed E-state index contributed by atoms with van der Waals surface area (Å²) in [7, 11) is 0. The van der Waals surface area contributed by atoms with Crippen LogP contribution in [-0.2, 0) is 11.3 Å². The lowest BCUT2D eigenvalue weighted by Crippen LogP contribution is -2.22. The van der Waals surface area contributed by atoms with E-state index in [-0.39, 0.29) is 11.8 Å². The molecule has 5 heteroatoms. The van der Waals surface area contributed by atoms with Gasteiger partial charge >= 0.3 is 0 Å². The molecule has 5 nitrogen and oxygen atoms in total. The van der Waals surface area contributed by atoms with Gasteiger partial charge in [0.05, 0.1) is 5.56 Å². The monoisotopic (exact) mass is 295 g/mol. The SMILES string of the molecule is C=C(C)C(=O)Nc1ccc(CNC(=O)c2cccnc2)cc1. The molecule has 0 aliphatic heterocycles. The Labute approximate surface area is 129 Å². The van der Waals surface area contributed by atoms with E-state index in [4.69, 9.17) is 0 Å². The summed E-state index contributed by atoms with van der Waals surface area (Å²) in [6.07, 6.45) is 3.14. The highest BCUT2D eigenvalue weighted by molar-refractivity contribution is 6.02. The van der Waals surface area contributed by atoms with Crippen molar-refractivity contribution in [1.29, 1.82) is 0 Å². The molecule has 1 heterocycles. The zero-order chi connectivity index (χ0) is 15.9. The van der Waals surface area contributed by atoms with Gasteiger partial charge in [0.25, 0.3) is 11.8 Å². The van der Waals surface area contributed by atoms with E-state index < -0.39 is 0 Å². The first-order valence-corrected chi connectivity index (χ1v) is 6.80. The summed E-state index contributed by atoms with van der Waals surface area (Å²) in [5.74, 6) is -0.384. The molecule has 2 N–H and O–H groups in total. The first-order chi connectivity index (χ1) is 10.6. The minimum Gasteiger partial charge on any atom is -0.348 e. The molecule has 22 heavy (non-hydrogen) atoms. The van der Waals surface area contributed by atoms with Crippen LogP contribution in [0.15, 0.2) is 60.9 Å². The normalized spacial score (nSPS) is 9.86. The fourth-order valence-electron chi connectivity index (χ4n) is 1.73. The summed E-state index contributed by atoms with van der Waals surface area (Å²) in [4.78, 5) is 27.3. The number of anilines is 1. The number of nitrogens with one attached hydrogen (secondary N) is 2. The Morgan fingerprint density at radius 3 is 2.50 bits per heavy atom. The average Bonchev–Trinajstić information content (AvgIpc) is 2.54. The summed E-state index contributed by atoms with van der Waals surface area (Å²) in [6, 6.07) is 10.7. The van der Waals surface area contributed by atoms with Gasteiger partial charge in [0.2, 0.25) is 0 Å². The van der Waals surface area contributed by atoms with E-state index in [1.54, 1.807) is 37.4 Å². The highest BCUT2D eigenvalue weighted by Gasteiger charge is 2.05. The predicted molar refractivity (Wildman–Crippen MR) is 85.3 cm³/mol. The van der Waals surface area contributed by atoms with E-state index in [0.29, 0.717) is 23.4 Å². The molecule has 2 amide bonds. The van der Waals surface area contributed by atoms with Crippen LogP contribution < -0.4 is 10.6 Å². The van der Waals surface area contributed by atoms with Gasteiger partial charge in [0.1, 0.15) is 0 Å². The van der Waals surface area contributed by atoms with Crippen LogP contribution in [0.4, 0.5) is 5.69 Å². The van der Waals surface area contributed by atoms with Gasteiger partial charge in [0, 0.05) is 30.2 Å². The molecule has 0 aliphatic rings. The summed E-state index contributed by atoms with van der Waals surface area (Å²) in [5, 5.41) is 5.54. The second-order valence-corrected chi connectivity index (χ2v) is 4.86. The van der Waals surface area contributed by atoms with Gasteiger partial charge in [-0.15, -0.1) is 0 Å². The second kappa shape index (κ2) is 7.17. The third-order valence-corrected chi connectivity index (χ3v) is 2.98. The van der Waals surface area contributed by atoms with Crippen LogP contribution >= 0.6 is 0 Å². The van der Waals surface area contributed by atoms with Gasteiger partial charge in [0.15, 0.2) is 0 Å². The Morgan fingerprint density at radius 2 is 1.91 bits per heavy atom. The van der Waals surface area contributed by atoms with Crippen LogP contribution in [0.2, 0.25) is 0 Å². The molecule has 1 aromatic heterocycles. The van der Waals surface area contributed by atoms with Crippen LogP contribution in [0.1, 0.15) is 22.8 Å². The molecule has 112 valence electrons. The number of aromatic nitrogens is 1. The Balaban J connectivity index is 1.90. The maximum atomic E-state index is 11.9. The van der Waals surface area contributed by atoms with E-state index in [1.807, 2.05) is 12.1 Å². The molecule has 0 spiro atoms. The number of rotatable bonds is 5. The minimum absolute atomic E-state index is 0.173. The van der Waals surface area contributed by atoms with E-state index in [1.165, 1.54) is 6.20 Å². The van der Waals surface area contributed by atoms with Crippen LogP contribution in [0.25, 0.3) is 0 Å². The summed E-state index contributed by atoms with van der Waals surface area (Å²) in [6.45, 7) is 5.64. The zero-order valence-electron chi connectivity index (χ0n) is 12.3. The van der Waals surface area contributed by atoms with Crippen LogP contribution in [-0.4, -0.2) is 16.8 Å². The number of benzene rings is 1. The maximum Gasteiger partial charge on any atom is 0.253 e. The molecule has 2 rings (SSSR count). The van der Waals surface area contributed by atoms with Crippen molar-refractivity contribution < 1.29 is 9.59 Å². The quantitative estimate of drug-likeness (QED) is 0.833. The van der Waals surface area contributed by atoms with E-state index in [2.05, 4.69) is 22.2 Å². The van der Waals surface area contributed by atoms with Crippen molar-refractivity contribution in [1.82, 2.24) is 10.3 Å². The van der Waals surface area contributed by atoms with Gasteiger partial charge in [-0.3, -0.25) is 14.6 Å². The molecule has 0 atom stereocenters. The number of hydrogen-bond acceptors (Lipinski definition) is 3. The third kappa shape index (κ3) is 4.28. The topological polar surface area (TPSA) is 71.1 Å². The van der Waals surface area contributed by atoms with Gasteiger partial charge in [-0.2, -0.15) is 0 Å². The van der Waals surface area contributed by atoms with Gasteiger partial charge in [-0.1, -0.05) is 18.7 Å². The van der Waals surface area contributed by atoms with Crippen LogP contribution in [0.3, 0.4) is 0 Å². The number of pyridine rings is 1. The number of carbonyl (C=O) groups excluding carboxylic acids is 2. The fourth-order valence-corrected chi connectivity index (χ4v) is 1.73. The summed E-state index contributed by atoms with van der Waals surface area (Å²) < 4.78 is 0. The number of carbonyl (C=O) groups is 2. The van der Waals surface area contributed by atoms with Crippen molar-refractivity contribution in [3.8, 4) is 0 Å². The number of amides is 2. The molecule has 0 radical (unpaired) electrons. The molecule has 0 unspecified atom stereocenters. The highest BCUT2D eigenvalue weighted by Crippen LogP contribution is 2.10. The first-order valence-electron chi connectivity index (χ1n) is 6.80. The molecule has 0 saturated carbocycles. The van der Waals surface area contributed by atoms with Crippen molar-refractivity contribution in [2.24, 2.45) is 0 Å². The first kappa shape index (κ1) is 15.4. The van der Waals surface area contributed by atoms with Gasteiger partial charge in [-0.25, -0.2) is 0 Å². The summed E-state index contributed by atoms with van der Waals surface area (Å²) >= 11 is 0. The smallest absolute Gasteiger partial charge is 0.253 e. The van der Waals surface area contributed by atoms with Crippen LogP contribution in [0, 0.1) is 0 Å². The lowest BCUT2D eigenvalue weighted by Gasteiger charge is -2.07. The average molecular weight is 295 g/mol. The molecule has 0 fully saturated rings. The molecule has 0 bridgehead atoms. The Kier molecular flexibility index (Phi) is 5.03. The predicted octanol–water partition coefficient (Wildman–Crippen LogP) is 2.53. The molecule has 2 aromatic rings. The van der Waals surface area contributed by atoms with E-state index in [0.717, 1.165) is 5.56 Å². The van der Waals surface area contributed by atoms with Crippen molar-refractivity contribution in [3.63, 3.8) is 0 Å². The van der Waals surface area contributed by atoms with Crippen molar-refractivity contribution in [2.45, 2.75) is 13.5 Å². The maximum absolute atomic E-state index is 11.9. The number of hydrogen-bond donors (Lipinski definition) is 2. The third-order valence-electron chi connectivity index (χ3n) is 2.98. The highest BCUT2D eigenvalue weighted by atomic mass is 16.2. The molecule has 1 aromatic carbocycles. The molecular weight excluding hydrogens is 278 g/mol. The minimum atomic E-state index is -0.211. The van der Waals surface area contributed by atoms with E-state index >= 15 is 0 Å². The Hall–Kier alpha value is -2.95. The number of nitrogens with zero attached hydrogens (tertiary/aromatic N) is 1. The lowest BCUT2D eigenvalue weighted by atomic mass is 10.2. The molecule has 0 aliphatic carbocycles. The van der Waals surface area contributed by atoms with Crippen LogP contribution in [0.5, 0.6) is 0 Å². The van der Waals surface area contributed by atoms with Crippen molar-refractivity contribution in [2.75, 3.05) is 5.32 Å². The Morgan fingerprint density at radius 1 is 1.18 bits per heavy atom. The van der Waals surface area contributed by atoms with Crippen molar-refractivity contribution >= 4 is 17.5 Å². The Bertz CT molecular complexity index is 679. The standard InChI is InChI=1S/C17H17N3O2/c1-12(2)16(21)20-15-7-5-13(6-8-15)10-19-17(22)14-4-3-9-18-11-14/h3-9,11H,1,10H2,2H3,(H,19,22)(H,20,21). The van der Waals surface area contributed by atoms with Gasteiger partial charge < -0.3 is 10.6 Å². The second-order valence-electron chi connectivity index (χ2n) is 4.86. The molecule has 0 saturated heterocycles. The molecular formula is C17H17N3O2. The van der Waals surface area contributed by atoms with Crippen molar-refractivity contribution in [3.05, 3.63) is 72.1 Å². The lowest BCUT2D eigenvalue weighted by molar-refractivity contribution is -0.112. The van der Waals surface area contributed by atoms with Gasteiger partial charge in [-0.05, 0) is 36.8 Å². The van der Waals surface area contributed by atoms with E-state index in [9.17, 15) is 9.59 Å². The largest absolute Gasteiger partial charge is 0.348 e. The summed E-state index contributed by atoms with van der Waals surface area (Å²) in [5.41, 5.74) is 2.60.